The molecular weight excluding hydrogens is 498 g/mol. The molecule has 0 atom stereocenters. The van der Waals surface area contributed by atoms with E-state index in [9.17, 15) is 4.79 Å². The number of amides is 1. The fourth-order valence-electron chi connectivity index (χ4n) is 4.88. The molecule has 0 bridgehead atoms. The number of pyridine rings is 3. The van der Waals surface area contributed by atoms with E-state index in [4.69, 9.17) is 15.2 Å². The van der Waals surface area contributed by atoms with Crippen LogP contribution in [0.4, 0.5) is 23.1 Å². The van der Waals surface area contributed by atoms with Crippen molar-refractivity contribution in [2.24, 2.45) is 0 Å². The van der Waals surface area contributed by atoms with Gasteiger partial charge in [-0.1, -0.05) is 0 Å². The van der Waals surface area contributed by atoms with Gasteiger partial charge in [-0.15, -0.1) is 0 Å². The van der Waals surface area contributed by atoms with Crippen LogP contribution in [0.3, 0.4) is 0 Å². The number of fused-ring (bicyclic) bond motifs is 3. The Morgan fingerprint density at radius 2 is 1.90 bits per heavy atom. The minimum Gasteiger partial charge on any atom is -0.474 e. The molecule has 4 aromatic heterocycles. The minimum absolute atomic E-state index is 0.0403. The van der Waals surface area contributed by atoms with Gasteiger partial charge in [0.2, 0.25) is 11.8 Å². The van der Waals surface area contributed by atoms with E-state index in [1.165, 1.54) is 12.8 Å². The van der Waals surface area contributed by atoms with Crippen molar-refractivity contribution < 1.29 is 14.3 Å². The number of nitrogens with two attached hydrogens (primary N) is 1. The number of carbonyl (C=O) groups excluding carboxylic acids is 1. The maximum Gasteiger partial charge on any atom is 0.241 e. The molecule has 39 heavy (non-hydrogen) atoms. The zero-order chi connectivity index (χ0) is 26.8. The Morgan fingerprint density at radius 3 is 2.72 bits per heavy atom. The number of nitrogen functional groups attached to an aromatic ring is 1. The Bertz CT molecular complexity index is 1520. The van der Waals surface area contributed by atoms with Crippen molar-refractivity contribution >= 4 is 39.8 Å². The molecule has 0 radical (unpaired) electrons. The minimum atomic E-state index is -0.0403. The first-order valence-electron chi connectivity index (χ1n) is 13.2. The number of rotatable bonds is 3. The lowest BCUT2D eigenvalue weighted by Gasteiger charge is -2.21. The van der Waals surface area contributed by atoms with Gasteiger partial charge in [-0.2, -0.15) is 5.10 Å². The second-order valence-corrected chi connectivity index (χ2v) is 9.66. The second kappa shape index (κ2) is 10.7. The van der Waals surface area contributed by atoms with Crippen LogP contribution in [-0.2, 0) is 22.5 Å². The van der Waals surface area contributed by atoms with Crippen LogP contribution in [-0.4, -0.2) is 63.5 Å². The summed E-state index contributed by atoms with van der Waals surface area (Å²) in [5.41, 5.74) is 10.8. The molecule has 3 aliphatic rings. The normalized spacial score (nSPS) is 16.1. The monoisotopic (exact) mass is 529 g/mol. The van der Waals surface area contributed by atoms with Gasteiger partial charge >= 0.3 is 0 Å². The van der Waals surface area contributed by atoms with Crippen molar-refractivity contribution in [3.05, 3.63) is 41.9 Å². The Kier molecular flexibility index (Phi) is 6.84. The molecule has 12 nitrogen and oxygen atoms in total. The lowest BCUT2D eigenvalue weighted by atomic mass is 10.0. The van der Waals surface area contributed by atoms with Crippen molar-refractivity contribution in [2.75, 3.05) is 49.3 Å². The summed E-state index contributed by atoms with van der Waals surface area (Å²) in [6.45, 7) is 6.15. The van der Waals surface area contributed by atoms with E-state index >= 15 is 0 Å². The van der Waals surface area contributed by atoms with E-state index in [1.54, 1.807) is 17.1 Å². The van der Waals surface area contributed by atoms with Gasteiger partial charge < -0.3 is 31.2 Å². The number of hydrogen-bond donors (Lipinski definition) is 4. The van der Waals surface area contributed by atoms with E-state index in [-0.39, 0.29) is 12.5 Å². The Morgan fingerprint density at radius 1 is 1.03 bits per heavy atom. The van der Waals surface area contributed by atoms with Gasteiger partial charge in [0.15, 0.2) is 5.82 Å². The largest absolute Gasteiger partial charge is 0.474 e. The maximum absolute atomic E-state index is 11.8. The summed E-state index contributed by atoms with van der Waals surface area (Å²) < 4.78 is 12.3. The number of hydrogen-bond acceptors (Lipinski definition) is 10. The molecule has 0 aromatic carbocycles. The highest BCUT2D eigenvalue weighted by atomic mass is 16.5. The standard InChI is InChI=1S/C23H23N9O2.C4H8O/c1-12-15(9-28-23-21(12)26-4-5-34-23)17-6-13-7-18(27-10-16(13)22(24)29-17)30-19-8-14-2-3-25-20(33)11-32(14)31-19;1-2-4-5-3-1/h6-10,26H,2-5,11H2,1H3,(H2,24,29)(H,25,33)(H,27,30,31);1-4H2. The molecule has 1 saturated heterocycles. The number of ether oxygens (including phenoxy) is 2. The summed E-state index contributed by atoms with van der Waals surface area (Å²) in [7, 11) is 0. The Hall–Kier alpha value is -4.45. The third kappa shape index (κ3) is 5.28. The first kappa shape index (κ1) is 24.9. The molecule has 1 amide bonds. The number of nitrogens with one attached hydrogen (secondary N) is 3. The summed E-state index contributed by atoms with van der Waals surface area (Å²) in [5.74, 6) is 2.22. The topological polar surface area (TPSA) is 154 Å². The van der Waals surface area contributed by atoms with Crippen molar-refractivity contribution in [2.45, 2.75) is 32.7 Å². The molecule has 202 valence electrons. The van der Waals surface area contributed by atoms with Crippen molar-refractivity contribution in [1.29, 1.82) is 0 Å². The van der Waals surface area contributed by atoms with Crippen LogP contribution < -0.4 is 26.4 Å². The zero-order valence-corrected chi connectivity index (χ0v) is 21.8. The van der Waals surface area contributed by atoms with Crippen molar-refractivity contribution in [3.8, 4) is 17.1 Å². The molecule has 3 aliphatic heterocycles. The average molecular weight is 530 g/mol. The third-order valence-electron chi connectivity index (χ3n) is 6.91. The predicted molar refractivity (Wildman–Crippen MR) is 148 cm³/mol. The number of carbonyl (C=O) groups is 1. The molecule has 0 unspecified atom stereocenters. The summed E-state index contributed by atoms with van der Waals surface area (Å²) in [4.78, 5) is 25.4. The second-order valence-electron chi connectivity index (χ2n) is 9.66. The zero-order valence-electron chi connectivity index (χ0n) is 21.8. The summed E-state index contributed by atoms with van der Waals surface area (Å²) >= 11 is 0. The van der Waals surface area contributed by atoms with Crippen LogP contribution in [0.2, 0.25) is 0 Å². The molecular formula is C27H31N9O3. The summed E-state index contributed by atoms with van der Waals surface area (Å²) in [6, 6.07) is 5.83. The van der Waals surface area contributed by atoms with Crippen molar-refractivity contribution in [3.63, 3.8) is 0 Å². The van der Waals surface area contributed by atoms with Crippen LogP contribution in [0.15, 0.2) is 30.6 Å². The van der Waals surface area contributed by atoms with E-state index < -0.39 is 0 Å². The van der Waals surface area contributed by atoms with Gasteiger partial charge in [-0.05, 0) is 42.8 Å². The smallest absolute Gasteiger partial charge is 0.241 e. The molecule has 12 heteroatoms. The maximum atomic E-state index is 11.8. The fraction of sp³-hybridized carbons (Fsp3) is 0.370. The van der Waals surface area contributed by atoms with E-state index in [0.717, 1.165) is 65.2 Å². The molecule has 1 fully saturated rings. The van der Waals surface area contributed by atoms with Crippen LogP contribution >= 0.6 is 0 Å². The van der Waals surface area contributed by atoms with Gasteiger partial charge in [0.1, 0.15) is 30.5 Å². The fourth-order valence-corrected chi connectivity index (χ4v) is 4.88. The number of aromatic nitrogens is 5. The lowest BCUT2D eigenvalue weighted by molar-refractivity contribution is -0.121. The molecule has 7 heterocycles. The quantitative estimate of drug-likeness (QED) is 0.311. The lowest BCUT2D eigenvalue weighted by Crippen LogP contribution is -2.25. The highest BCUT2D eigenvalue weighted by Crippen LogP contribution is 2.36. The van der Waals surface area contributed by atoms with Gasteiger partial charge in [0.05, 0.1) is 5.69 Å². The Balaban J connectivity index is 0.000000500. The van der Waals surface area contributed by atoms with Crippen LogP contribution in [0.25, 0.3) is 22.0 Å². The first-order valence-corrected chi connectivity index (χ1v) is 13.2. The summed E-state index contributed by atoms with van der Waals surface area (Å²) in [5, 5.41) is 15.6. The van der Waals surface area contributed by atoms with Crippen molar-refractivity contribution in [1.82, 2.24) is 30.0 Å². The van der Waals surface area contributed by atoms with Gasteiger partial charge in [0.25, 0.3) is 0 Å². The van der Waals surface area contributed by atoms with Crippen LogP contribution in [0.5, 0.6) is 5.88 Å². The molecule has 0 saturated carbocycles. The van der Waals surface area contributed by atoms with Gasteiger partial charge in [-0.3, -0.25) is 9.48 Å². The number of nitrogens with zero attached hydrogens (tertiary/aromatic N) is 5. The summed E-state index contributed by atoms with van der Waals surface area (Å²) in [6.07, 6.45) is 6.75. The highest BCUT2D eigenvalue weighted by Gasteiger charge is 2.19. The molecule has 7 rings (SSSR count). The first-order chi connectivity index (χ1) is 19.0. The van der Waals surface area contributed by atoms with Crippen LogP contribution in [0.1, 0.15) is 24.1 Å². The van der Waals surface area contributed by atoms with Crippen LogP contribution in [0, 0.1) is 6.92 Å². The number of anilines is 4. The van der Waals surface area contributed by atoms with E-state index in [1.807, 2.05) is 25.1 Å². The SMILES string of the molecule is C1CCOC1.Cc1c(-c2cc3cc(Nc4cc5n(n4)CC(=O)NCC5)ncc3c(N)n2)cnc2c1NCCO2. The van der Waals surface area contributed by atoms with E-state index in [2.05, 4.69) is 36.0 Å². The van der Waals surface area contributed by atoms with Gasteiger partial charge in [-0.25, -0.2) is 15.0 Å². The van der Waals surface area contributed by atoms with Gasteiger partial charge in [0, 0.05) is 67.8 Å². The predicted octanol–water partition coefficient (Wildman–Crippen LogP) is 2.80. The van der Waals surface area contributed by atoms with E-state index in [0.29, 0.717) is 36.5 Å². The highest BCUT2D eigenvalue weighted by molar-refractivity contribution is 5.95. The molecule has 0 aliphatic carbocycles. The molecule has 4 aromatic rings. The average Bonchev–Trinajstić information content (AvgIpc) is 3.60. The Labute approximate surface area is 225 Å². The third-order valence-corrected chi connectivity index (χ3v) is 6.91. The molecule has 0 spiro atoms. The molecule has 5 N–H and O–H groups in total.